The lowest BCUT2D eigenvalue weighted by molar-refractivity contribution is 0.590. The van der Waals surface area contributed by atoms with E-state index in [1.807, 2.05) is 0 Å². The minimum absolute atomic E-state index is 0.232. The van der Waals surface area contributed by atoms with Crippen LogP contribution < -0.4 is 26.2 Å². The summed E-state index contributed by atoms with van der Waals surface area (Å²) in [7, 11) is 0. The summed E-state index contributed by atoms with van der Waals surface area (Å²) in [6.07, 6.45) is 0. The van der Waals surface area contributed by atoms with Crippen LogP contribution in [0.4, 0.5) is 34.1 Å². The van der Waals surface area contributed by atoms with Crippen LogP contribution in [-0.2, 0) is 5.41 Å². The Morgan fingerprint density at radius 2 is 0.645 bits per heavy atom. The van der Waals surface area contributed by atoms with E-state index < -0.39 is 0 Å². The lowest BCUT2D eigenvalue weighted by atomic mass is 9.33. The number of aromatic nitrogens is 2. The Bertz CT molecular complexity index is 5550. The van der Waals surface area contributed by atoms with Crippen molar-refractivity contribution in [1.29, 1.82) is 0 Å². The van der Waals surface area contributed by atoms with Crippen molar-refractivity contribution < 1.29 is 0 Å². The summed E-state index contributed by atoms with van der Waals surface area (Å²) in [6.45, 7) is 6.88. The molecule has 93 heavy (non-hydrogen) atoms. The average Bonchev–Trinajstić information content (AvgIpc) is 1.41. The summed E-state index contributed by atoms with van der Waals surface area (Å²) in [5.41, 5.74) is 30.3. The largest absolute Gasteiger partial charge is 0.311 e. The normalized spacial score (nSPS) is 12.6. The summed E-state index contributed by atoms with van der Waals surface area (Å²) in [6, 6.07) is 122. The first-order chi connectivity index (χ1) is 45.8. The average molecular weight is 1190 g/mol. The van der Waals surface area contributed by atoms with Gasteiger partial charge in [0.25, 0.3) is 6.71 Å². The molecule has 0 unspecified atom stereocenters. The smallest absolute Gasteiger partial charge is 0.252 e. The third-order valence-corrected chi connectivity index (χ3v) is 19.6. The van der Waals surface area contributed by atoms with Gasteiger partial charge in [-0.15, -0.1) is 0 Å². The number of anilines is 6. The maximum Gasteiger partial charge on any atom is 0.252 e. The van der Waals surface area contributed by atoms with Gasteiger partial charge in [-0.3, -0.25) is 0 Å². The fourth-order valence-electron chi connectivity index (χ4n) is 15.5. The molecule has 2 aliphatic heterocycles. The molecule has 0 spiro atoms. The monoisotopic (exact) mass is 1190 g/mol. The quantitative estimate of drug-likeness (QED) is 0.134. The van der Waals surface area contributed by atoms with Crippen LogP contribution in [0.25, 0.3) is 111 Å². The summed E-state index contributed by atoms with van der Waals surface area (Å²) in [5, 5.41) is 4.92. The highest BCUT2D eigenvalue weighted by Crippen LogP contribution is 2.53. The minimum Gasteiger partial charge on any atom is -0.311 e. The van der Waals surface area contributed by atoms with E-state index in [9.17, 15) is 0 Å². The van der Waals surface area contributed by atoms with E-state index in [-0.39, 0.29) is 12.1 Å². The van der Waals surface area contributed by atoms with Gasteiger partial charge < -0.3 is 18.9 Å². The van der Waals surface area contributed by atoms with Crippen LogP contribution in [0, 0.1) is 0 Å². The van der Waals surface area contributed by atoms with Gasteiger partial charge in [-0.1, -0.05) is 269 Å². The van der Waals surface area contributed by atoms with Gasteiger partial charge in [-0.05, 0) is 145 Å². The molecule has 438 valence electrons. The van der Waals surface area contributed by atoms with Crippen molar-refractivity contribution in [2.75, 3.05) is 9.80 Å². The Morgan fingerprint density at radius 1 is 0.269 bits per heavy atom. The zero-order valence-corrected chi connectivity index (χ0v) is 52.0. The number of hydrogen-bond donors (Lipinski definition) is 0. The predicted octanol–water partition coefficient (Wildman–Crippen LogP) is 21.6. The molecule has 0 saturated carbocycles. The standard InChI is InChI=1S/C88H63BN4/c1-88(2,3)63-56-82-86-83(57-63)93(87-69(59-30-11-5-12-31-59)43-25-44-70(87)60-32-13-6-14-33-60)79-53-51-62(68-42-27-49-81-85(68)72-40-21-24-47-77(72)91(81)65-36-17-8-18-37-65)55-74(79)89(86)73-54-61(50-52-78(73)92(82)75-45-22-19-38-66(75)58-28-9-4-10-29-58)67-41-26-48-80-84(67)71-39-20-23-46-76(71)90(80)64-34-15-7-16-35-64/h4-57H,1-3H3. The van der Waals surface area contributed by atoms with Crippen molar-refractivity contribution in [3.63, 3.8) is 0 Å². The van der Waals surface area contributed by atoms with Crippen LogP contribution in [-0.4, -0.2) is 15.8 Å². The van der Waals surface area contributed by atoms with Crippen LogP contribution in [0.1, 0.15) is 26.3 Å². The van der Waals surface area contributed by atoms with E-state index in [0.29, 0.717) is 0 Å². The molecule has 0 saturated heterocycles. The summed E-state index contributed by atoms with van der Waals surface area (Å²) >= 11 is 0. The Hall–Kier alpha value is -11.7. The van der Waals surface area contributed by atoms with E-state index in [1.165, 1.54) is 110 Å². The highest BCUT2D eigenvalue weighted by molar-refractivity contribution is 7.00. The Morgan fingerprint density at radius 3 is 1.14 bits per heavy atom. The molecular weight excluding hydrogens is 1120 g/mol. The van der Waals surface area contributed by atoms with E-state index in [0.717, 1.165) is 56.4 Å². The van der Waals surface area contributed by atoms with Gasteiger partial charge in [0, 0.05) is 72.4 Å². The molecule has 2 aromatic heterocycles. The molecular formula is C88H63BN4. The van der Waals surface area contributed by atoms with Gasteiger partial charge in [0.05, 0.1) is 33.4 Å². The third kappa shape index (κ3) is 8.61. The molecule has 2 aliphatic rings. The van der Waals surface area contributed by atoms with Crippen molar-refractivity contribution in [3.05, 3.63) is 333 Å². The fourth-order valence-corrected chi connectivity index (χ4v) is 15.5. The predicted molar refractivity (Wildman–Crippen MR) is 395 cm³/mol. The first kappa shape index (κ1) is 54.3. The van der Waals surface area contributed by atoms with Crippen molar-refractivity contribution in [2.45, 2.75) is 26.2 Å². The van der Waals surface area contributed by atoms with Gasteiger partial charge in [-0.25, -0.2) is 0 Å². The number of benzene rings is 14. The number of hydrogen-bond acceptors (Lipinski definition) is 2. The topological polar surface area (TPSA) is 16.3 Å². The number of rotatable bonds is 9. The summed E-state index contributed by atoms with van der Waals surface area (Å²) < 4.78 is 4.88. The fraction of sp³-hybridized carbons (Fsp3) is 0.0455. The van der Waals surface area contributed by atoms with Crippen molar-refractivity contribution in [1.82, 2.24) is 9.13 Å². The van der Waals surface area contributed by atoms with E-state index in [2.05, 4.69) is 367 Å². The van der Waals surface area contributed by atoms with E-state index >= 15 is 0 Å². The SMILES string of the molecule is CC(C)(C)c1cc2c3c(c1)N(c1c(-c4ccccc4)cccc1-c1ccccc1)c1ccc(-c4cccc5c4c4ccccc4n5-c4ccccc4)cc1B3c1cc(-c3cccc4c3c3ccccc3n4-c3ccccc3)ccc1N2c1ccccc1-c1ccccc1. The van der Waals surface area contributed by atoms with Gasteiger partial charge in [0.2, 0.25) is 0 Å². The summed E-state index contributed by atoms with van der Waals surface area (Å²) in [5.74, 6) is 0. The van der Waals surface area contributed by atoms with Crippen molar-refractivity contribution in [3.8, 4) is 67.0 Å². The molecule has 0 atom stereocenters. The Balaban J connectivity index is 0.986. The molecule has 0 N–H and O–H groups in total. The highest BCUT2D eigenvalue weighted by Gasteiger charge is 2.46. The van der Waals surface area contributed by atoms with Crippen LogP contribution in [0.5, 0.6) is 0 Å². The van der Waals surface area contributed by atoms with Crippen LogP contribution in [0.2, 0.25) is 0 Å². The van der Waals surface area contributed by atoms with Crippen LogP contribution in [0.15, 0.2) is 328 Å². The lowest BCUT2D eigenvalue weighted by Crippen LogP contribution is -2.61. The van der Waals surface area contributed by atoms with Crippen LogP contribution in [0.3, 0.4) is 0 Å². The molecule has 4 nitrogen and oxygen atoms in total. The molecule has 0 amide bonds. The maximum absolute atomic E-state index is 2.67. The van der Waals surface area contributed by atoms with E-state index in [1.54, 1.807) is 0 Å². The zero-order valence-electron chi connectivity index (χ0n) is 52.0. The molecule has 4 heterocycles. The highest BCUT2D eigenvalue weighted by atomic mass is 15.2. The molecule has 0 radical (unpaired) electrons. The second kappa shape index (κ2) is 21.5. The minimum atomic E-state index is -0.248. The molecule has 0 aliphatic carbocycles. The van der Waals surface area contributed by atoms with Crippen molar-refractivity contribution >= 4 is 101 Å². The Kier molecular flexibility index (Phi) is 12.6. The first-order valence-corrected chi connectivity index (χ1v) is 32.4. The van der Waals surface area contributed by atoms with Crippen LogP contribution >= 0.6 is 0 Å². The second-order valence-electron chi connectivity index (χ2n) is 25.9. The molecule has 18 rings (SSSR count). The lowest BCUT2D eigenvalue weighted by Gasteiger charge is -2.46. The number of para-hydroxylation sites is 6. The Labute approximate surface area is 542 Å². The molecule has 14 aromatic carbocycles. The third-order valence-electron chi connectivity index (χ3n) is 19.6. The van der Waals surface area contributed by atoms with Gasteiger partial charge >= 0.3 is 0 Å². The molecule has 5 heteroatoms. The maximum atomic E-state index is 2.67. The number of fused-ring (bicyclic) bond motifs is 10. The molecule has 0 fully saturated rings. The molecule has 0 bridgehead atoms. The van der Waals surface area contributed by atoms with Gasteiger partial charge in [-0.2, -0.15) is 0 Å². The number of nitrogens with zero attached hydrogens (tertiary/aromatic N) is 4. The van der Waals surface area contributed by atoms with Gasteiger partial charge in [0.1, 0.15) is 0 Å². The second-order valence-corrected chi connectivity index (χ2v) is 25.9. The van der Waals surface area contributed by atoms with Gasteiger partial charge in [0.15, 0.2) is 0 Å². The molecule has 16 aromatic rings. The first-order valence-electron chi connectivity index (χ1n) is 32.4. The summed E-state index contributed by atoms with van der Waals surface area (Å²) in [4.78, 5) is 5.30. The zero-order chi connectivity index (χ0) is 61.9. The van der Waals surface area contributed by atoms with E-state index in [4.69, 9.17) is 0 Å². The van der Waals surface area contributed by atoms with Crippen molar-refractivity contribution in [2.24, 2.45) is 0 Å².